The fourth-order valence-electron chi connectivity index (χ4n) is 4.23. The highest BCUT2D eigenvalue weighted by Crippen LogP contribution is 2.28. The van der Waals surface area contributed by atoms with Crippen molar-refractivity contribution in [3.8, 4) is 5.75 Å². The van der Waals surface area contributed by atoms with Crippen LogP contribution in [0.5, 0.6) is 5.75 Å². The minimum atomic E-state index is -0.599. The van der Waals surface area contributed by atoms with E-state index in [1.54, 1.807) is 47.4 Å². The summed E-state index contributed by atoms with van der Waals surface area (Å²) >= 11 is 18.7. The van der Waals surface area contributed by atoms with Crippen molar-refractivity contribution in [1.82, 2.24) is 10.2 Å². The summed E-state index contributed by atoms with van der Waals surface area (Å²) in [7, 11) is 0. The highest BCUT2D eigenvalue weighted by molar-refractivity contribution is 6.36. The first-order valence-electron chi connectivity index (χ1n) is 11.8. The summed E-state index contributed by atoms with van der Waals surface area (Å²) in [4.78, 5) is 28.1. The van der Waals surface area contributed by atoms with Crippen molar-refractivity contribution in [3.63, 3.8) is 0 Å². The molecular weight excluding hydrogens is 495 g/mol. The first-order valence-corrected chi connectivity index (χ1v) is 12.9. The third-order valence-electron chi connectivity index (χ3n) is 6.09. The Hall–Kier alpha value is -1.95. The lowest BCUT2D eigenvalue weighted by molar-refractivity contribution is -0.141. The van der Waals surface area contributed by atoms with E-state index in [1.165, 1.54) is 0 Å². The summed E-state index contributed by atoms with van der Waals surface area (Å²) in [5.74, 6) is 0.436. The second-order valence-corrected chi connectivity index (χ2v) is 9.79. The Balaban J connectivity index is 1.69. The van der Waals surface area contributed by atoms with Crippen molar-refractivity contribution >= 4 is 46.6 Å². The number of rotatable bonds is 11. The molecule has 184 valence electrons. The molecule has 1 N–H and O–H groups in total. The van der Waals surface area contributed by atoms with Gasteiger partial charge in [-0.1, -0.05) is 60.6 Å². The van der Waals surface area contributed by atoms with Gasteiger partial charge in [0.05, 0.1) is 6.61 Å². The minimum Gasteiger partial charge on any atom is -0.494 e. The number of carbonyl (C=O) groups is 2. The van der Waals surface area contributed by atoms with E-state index in [-0.39, 0.29) is 30.8 Å². The Morgan fingerprint density at radius 2 is 1.71 bits per heavy atom. The van der Waals surface area contributed by atoms with Gasteiger partial charge >= 0.3 is 0 Å². The van der Waals surface area contributed by atoms with Gasteiger partial charge in [0.25, 0.3) is 0 Å². The zero-order valence-corrected chi connectivity index (χ0v) is 21.6. The highest BCUT2D eigenvalue weighted by atomic mass is 35.5. The van der Waals surface area contributed by atoms with Crippen LogP contribution in [0.2, 0.25) is 15.1 Å². The first kappa shape index (κ1) is 26.7. The SMILES string of the molecule is CC[C@H](C(=O)NC1CCCC1)N(Cc1c(Cl)cccc1Cl)C(=O)CCCOc1ccc(Cl)cc1. The van der Waals surface area contributed by atoms with Crippen LogP contribution in [0.4, 0.5) is 0 Å². The topological polar surface area (TPSA) is 58.6 Å². The average Bonchev–Trinajstić information content (AvgIpc) is 3.32. The van der Waals surface area contributed by atoms with Gasteiger partial charge in [0, 0.05) is 39.6 Å². The van der Waals surface area contributed by atoms with Gasteiger partial charge in [0.1, 0.15) is 11.8 Å². The number of benzene rings is 2. The van der Waals surface area contributed by atoms with E-state index in [2.05, 4.69) is 5.32 Å². The molecule has 2 aromatic rings. The molecule has 34 heavy (non-hydrogen) atoms. The van der Waals surface area contributed by atoms with Gasteiger partial charge < -0.3 is 15.0 Å². The Bertz CT molecular complexity index is 942. The normalized spacial score (nSPS) is 14.6. The monoisotopic (exact) mass is 524 g/mol. The van der Waals surface area contributed by atoms with Crippen molar-refractivity contribution in [2.75, 3.05) is 6.61 Å². The standard InChI is InChI=1S/C26H31Cl3N2O3/c1-2-24(26(33)30-19-7-3-4-8-19)31(17-21-22(28)9-5-10-23(21)29)25(32)11-6-16-34-20-14-12-18(27)13-15-20/h5,9-10,12-15,19,24H,2-4,6-8,11,16-17H2,1H3,(H,30,33)/t24-/m1/s1. The molecule has 1 aliphatic rings. The molecule has 8 heteroatoms. The van der Waals surface area contributed by atoms with E-state index in [9.17, 15) is 9.59 Å². The van der Waals surface area contributed by atoms with Crippen molar-refractivity contribution in [3.05, 3.63) is 63.1 Å². The first-order chi connectivity index (χ1) is 16.4. The Labute approximate surface area is 216 Å². The lowest BCUT2D eigenvalue weighted by Crippen LogP contribution is -2.51. The number of carbonyl (C=O) groups excluding carboxylic acids is 2. The molecule has 1 aliphatic carbocycles. The van der Waals surface area contributed by atoms with Crippen LogP contribution in [0.3, 0.4) is 0 Å². The minimum absolute atomic E-state index is 0.122. The largest absolute Gasteiger partial charge is 0.494 e. The predicted octanol–water partition coefficient (Wildman–Crippen LogP) is 6.67. The summed E-state index contributed by atoms with van der Waals surface area (Å²) in [5, 5.41) is 4.73. The predicted molar refractivity (Wildman–Crippen MR) is 138 cm³/mol. The van der Waals surface area contributed by atoms with E-state index in [4.69, 9.17) is 39.5 Å². The van der Waals surface area contributed by atoms with E-state index in [1.807, 2.05) is 6.92 Å². The van der Waals surface area contributed by atoms with Gasteiger partial charge in [-0.05, 0) is 62.1 Å². The summed E-state index contributed by atoms with van der Waals surface area (Å²) in [6, 6.07) is 11.9. The molecule has 2 amide bonds. The summed E-state index contributed by atoms with van der Waals surface area (Å²) in [5.41, 5.74) is 0.642. The van der Waals surface area contributed by atoms with Crippen molar-refractivity contribution in [2.45, 2.75) is 70.5 Å². The van der Waals surface area contributed by atoms with Crippen LogP contribution in [-0.2, 0) is 16.1 Å². The molecule has 5 nitrogen and oxygen atoms in total. The second-order valence-electron chi connectivity index (χ2n) is 8.54. The van der Waals surface area contributed by atoms with Crippen molar-refractivity contribution < 1.29 is 14.3 Å². The van der Waals surface area contributed by atoms with Crippen LogP contribution < -0.4 is 10.1 Å². The maximum absolute atomic E-state index is 13.4. The third-order valence-corrected chi connectivity index (χ3v) is 7.06. The molecule has 0 radical (unpaired) electrons. The molecule has 0 saturated heterocycles. The molecule has 0 aromatic heterocycles. The zero-order chi connectivity index (χ0) is 24.5. The zero-order valence-electron chi connectivity index (χ0n) is 19.4. The van der Waals surface area contributed by atoms with Gasteiger partial charge in [-0.2, -0.15) is 0 Å². The molecule has 0 unspecified atom stereocenters. The van der Waals surface area contributed by atoms with Gasteiger partial charge in [0.2, 0.25) is 11.8 Å². The van der Waals surface area contributed by atoms with Crippen LogP contribution >= 0.6 is 34.8 Å². The van der Waals surface area contributed by atoms with Crippen molar-refractivity contribution in [2.24, 2.45) is 0 Å². The van der Waals surface area contributed by atoms with Crippen LogP contribution in [0.25, 0.3) is 0 Å². The number of amides is 2. The van der Waals surface area contributed by atoms with Gasteiger partial charge in [-0.15, -0.1) is 0 Å². The Morgan fingerprint density at radius 3 is 2.32 bits per heavy atom. The van der Waals surface area contributed by atoms with Crippen LogP contribution in [0.1, 0.15) is 57.4 Å². The van der Waals surface area contributed by atoms with Crippen LogP contribution in [-0.4, -0.2) is 35.4 Å². The smallest absolute Gasteiger partial charge is 0.243 e. The fourth-order valence-corrected chi connectivity index (χ4v) is 4.87. The summed E-state index contributed by atoms with van der Waals surface area (Å²) in [6.45, 7) is 2.46. The van der Waals surface area contributed by atoms with Crippen LogP contribution in [0, 0.1) is 0 Å². The van der Waals surface area contributed by atoms with Crippen molar-refractivity contribution in [1.29, 1.82) is 0 Å². The van der Waals surface area contributed by atoms with E-state index < -0.39 is 6.04 Å². The number of nitrogens with zero attached hydrogens (tertiary/aromatic N) is 1. The maximum atomic E-state index is 13.4. The molecule has 1 fully saturated rings. The molecule has 2 aromatic carbocycles. The van der Waals surface area contributed by atoms with Gasteiger partial charge in [-0.3, -0.25) is 9.59 Å². The second kappa shape index (κ2) is 13.2. The number of hydrogen-bond donors (Lipinski definition) is 1. The Kier molecular flexibility index (Phi) is 10.4. The molecular formula is C26H31Cl3N2O3. The number of ether oxygens (including phenoxy) is 1. The summed E-state index contributed by atoms with van der Waals surface area (Å²) in [6.07, 6.45) is 5.44. The maximum Gasteiger partial charge on any atom is 0.243 e. The molecule has 0 spiro atoms. The molecule has 0 aliphatic heterocycles. The van der Waals surface area contributed by atoms with E-state index in [0.29, 0.717) is 45.8 Å². The molecule has 3 rings (SSSR count). The molecule has 0 bridgehead atoms. The average molecular weight is 526 g/mol. The number of halogens is 3. The summed E-state index contributed by atoms with van der Waals surface area (Å²) < 4.78 is 5.72. The molecule has 1 saturated carbocycles. The lowest BCUT2D eigenvalue weighted by atomic mass is 10.1. The third kappa shape index (κ3) is 7.53. The number of hydrogen-bond acceptors (Lipinski definition) is 3. The van der Waals surface area contributed by atoms with E-state index >= 15 is 0 Å². The van der Waals surface area contributed by atoms with E-state index in [0.717, 1.165) is 25.7 Å². The quantitative estimate of drug-likeness (QED) is 0.333. The number of nitrogens with one attached hydrogen (secondary N) is 1. The highest BCUT2D eigenvalue weighted by Gasteiger charge is 2.31. The molecule has 1 atom stereocenters. The van der Waals surface area contributed by atoms with Gasteiger partial charge in [0.15, 0.2) is 0 Å². The lowest BCUT2D eigenvalue weighted by Gasteiger charge is -2.32. The van der Waals surface area contributed by atoms with Gasteiger partial charge in [-0.25, -0.2) is 0 Å². The fraction of sp³-hybridized carbons (Fsp3) is 0.462. The van der Waals surface area contributed by atoms with Crippen LogP contribution in [0.15, 0.2) is 42.5 Å². The molecule has 0 heterocycles. The Morgan fingerprint density at radius 1 is 1.06 bits per heavy atom.